The maximum absolute atomic E-state index is 13.2. The number of methoxy groups -OCH3 is 1. The molecule has 1 N–H and O–H groups in total. The largest absolute Gasteiger partial charge is 0.383 e. The van der Waals surface area contributed by atoms with Crippen LogP contribution in [0.15, 0.2) is 24.3 Å². The summed E-state index contributed by atoms with van der Waals surface area (Å²) in [6.45, 7) is 3.33. The van der Waals surface area contributed by atoms with Crippen molar-refractivity contribution in [1.82, 2.24) is 4.98 Å². The van der Waals surface area contributed by atoms with E-state index in [0.717, 1.165) is 21.3 Å². The Morgan fingerprint density at radius 2 is 2.28 bits per heavy atom. The smallest absolute Gasteiger partial charge is 0.183 e. The maximum atomic E-state index is 13.2. The third-order valence-corrected chi connectivity index (χ3v) is 3.41. The average molecular weight is 266 g/mol. The van der Waals surface area contributed by atoms with Crippen molar-refractivity contribution >= 4 is 16.5 Å². The van der Waals surface area contributed by atoms with Crippen LogP contribution in [-0.4, -0.2) is 25.2 Å². The molecular weight excluding hydrogens is 251 g/mol. The van der Waals surface area contributed by atoms with Gasteiger partial charge in [-0.1, -0.05) is 12.1 Å². The molecule has 18 heavy (non-hydrogen) atoms. The molecule has 0 aliphatic rings. The summed E-state index contributed by atoms with van der Waals surface area (Å²) in [6.07, 6.45) is 0. The fourth-order valence-electron chi connectivity index (χ4n) is 1.64. The molecule has 0 radical (unpaired) electrons. The van der Waals surface area contributed by atoms with Crippen LogP contribution in [0.4, 0.5) is 9.52 Å². The number of benzene rings is 1. The highest BCUT2D eigenvalue weighted by Gasteiger charge is 2.09. The zero-order valence-corrected chi connectivity index (χ0v) is 11.2. The molecule has 0 bridgehead atoms. The van der Waals surface area contributed by atoms with E-state index in [0.29, 0.717) is 13.2 Å². The zero-order valence-electron chi connectivity index (χ0n) is 10.4. The van der Waals surface area contributed by atoms with Crippen LogP contribution < -0.4 is 5.32 Å². The van der Waals surface area contributed by atoms with Gasteiger partial charge in [-0.25, -0.2) is 9.37 Å². The van der Waals surface area contributed by atoms with Crippen LogP contribution >= 0.6 is 11.3 Å². The van der Waals surface area contributed by atoms with Gasteiger partial charge in [0, 0.05) is 24.1 Å². The Hall–Kier alpha value is -1.46. The number of nitrogens with one attached hydrogen (secondary N) is 1. The number of aromatic nitrogens is 1. The number of nitrogens with zero attached hydrogens (tertiary/aromatic N) is 1. The minimum absolute atomic E-state index is 0.242. The Kier molecular flexibility index (Phi) is 4.28. The van der Waals surface area contributed by atoms with Crippen molar-refractivity contribution in [1.29, 1.82) is 0 Å². The molecule has 0 aliphatic carbocycles. The summed E-state index contributed by atoms with van der Waals surface area (Å²) in [5.41, 5.74) is 1.64. The standard InChI is InChI=1S/C13H15FN2OS/c1-9-12(10-4-3-5-11(14)8-10)16-13(18-9)15-6-7-17-2/h3-5,8H,6-7H2,1-2H3,(H,15,16). The number of rotatable bonds is 5. The molecule has 2 rings (SSSR count). The summed E-state index contributed by atoms with van der Waals surface area (Å²) in [5, 5.41) is 4.02. The molecule has 96 valence electrons. The van der Waals surface area contributed by atoms with Crippen molar-refractivity contribution in [3.05, 3.63) is 35.0 Å². The van der Waals surface area contributed by atoms with E-state index in [1.54, 1.807) is 24.5 Å². The fraction of sp³-hybridized carbons (Fsp3) is 0.308. The lowest BCUT2D eigenvalue weighted by molar-refractivity contribution is 0.211. The van der Waals surface area contributed by atoms with Crippen molar-refractivity contribution < 1.29 is 9.13 Å². The van der Waals surface area contributed by atoms with Crippen LogP contribution in [0, 0.1) is 12.7 Å². The first kappa shape index (κ1) is 13.0. The van der Waals surface area contributed by atoms with Gasteiger partial charge < -0.3 is 10.1 Å². The predicted molar refractivity (Wildman–Crippen MR) is 72.6 cm³/mol. The van der Waals surface area contributed by atoms with Crippen LogP contribution in [0.5, 0.6) is 0 Å². The molecule has 1 aromatic heterocycles. The van der Waals surface area contributed by atoms with Gasteiger partial charge in [-0.05, 0) is 19.1 Å². The van der Waals surface area contributed by atoms with Gasteiger partial charge in [0.25, 0.3) is 0 Å². The van der Waals surface area contributed by atoms with Crippen LogP contribution in [0.3, 0.4) is 0 Å². The molecule has 0 fully saturated rings. The summed E-state index contributed by atoms with van der Waals surface area (Å²) in [7, 11) is 1.66. The molecule has 1 aromatic carbocycles. The molecule has 2 aromatic rings. The lowest BCUT2D eigenvalue weighted by Crippen LogP contribution is -2.06. The molecule has 0 amide bonds. The highest BCUT2D eigenvalue weighted by atomic mass is 32.1. The van der Waals surface area contributed by atoms with Crippen molar-refractivity contribution in [3.63, 3.8) is 0 Å². The Balaban J connectivity index is 2.18. The summed E-state index contributed by atoms with van der Waals surface area (Å²) in [4.78, 5) is 5.55. The number of aryl methyl sites for hydroxylation is 1. The van der Waals surface area contributed by atoms with Crippen LogP contribution in [-0.2, 0) is 4.74 Å². The first-order valence-corrected chi connectivity index (χ1v) is 6.48. The van der Waals surface area contributed by atoms with Gasteiger partial charge in [-0.2, -0.15) is 0 Å². The van der Waals surface area contributed by atoms with E-state index in [1.165, 1.54) is 12.1 Å². The lowest BCUT2D eigenvalue weighted by Gasteiger charge is -2.00. The molecule has 0 spiro atoms. The van der Waals surface area contributed by atoms with E-state index in [-0.39, 0.29) is 5.82 Å². The quantitative estimate of drug-likeness (QED) is 0.843. The Morgan fingerprint density at radius 1 is 1.44 bits per heavy atom. The van der Waals surface area contributed by atoms with Gasteiger partial charge in [0.2, 0.25) is 0 Å². The molecule has 5 heteroatoms. The van der Waals surface area contributed by atoms with Gasteiger partial charge in [0.05, 0.1) is 12.3 Å². The molecule has 3 nitrogen and oxygen atoms in total. The van der Waals surface area contributed by atoms with Crippen LogP contribution in [0.2, 0.25) is 0 Å². The summed E-state index contributed by atoms with van der Waals surface area (Å²) in [5.74, 6) is -0.242. The Labute approximate surface area is 110 Å². The van der Waals surface area contributed by atoms with Gasteiger partial charge in [-0.15, -0.1) is 11.3 Å². The average Bonchev–Trinajstić information content (AvgIpc) is 2.71. The minimum atomic E-state index is -0.242. The number of anilines is 1. The van der Waals surface area contributed by atoms with Crippen molar-refractivity contribution in [2.45, 2.75) is 6.92 Å². The lowest BCUT2D eigenvalue weighted by atomic mass is 10.1. The number of thiazole rings is 1. The van der Waals surface area contributed by atoms with E-state index in [4.69, 9.17) is 4.74 Å². The van der Waals surface area contributed by atoms with Crippen molar-refractivity contribution in [2.24, 2.45) is 0 Å². The Bertz CT molecular complexity index is 527. The summed E-state index contributed by atoms with van der Waals surface area (Å²) < 4.78 is 18.1. The monoisotopic (exact) mass is 266 g/mol. The molecule has 1 heterocycles. The molecular formula is C13H15FN2OS. The number of hydrogen-bond donors (Lipinski definition) is 1. The maximum Gasteiger partial charge on any atom is 0.183 e. The minimum Gasteiger partial charge on any atom is -0.383 e. The third-order valence-electron chi connectivity index (χ3n) is 2.48. The van der Waals surface area contributed by atoms with E-state index in [2.05, 4.69) is 10.3 Å². The Morgan fingerprint density at radius 3 is 3.00 bits per heavy atom. The van der Waals surface area contributed by atoms with Crippen LogP contribution in [0.1, 0.15) is 4.88 Å². The molecule has 0 saturated carbocycles. The van der Waals surface area contributed by atoms with Crippen molar-refractivity contribution in [2.75, 3.05) is 25.6 Å². The van der Waals surface area contributed by atoms with Crippen LogP contribution in [0.25, 0.3) is 11.3 Å². The number of halogens is 1. The third kappa shape index (κ3) is 3.05. The predicted octanol–water partition coefficient (Wildman–Crippen LogP) is 3.32. The van der Waals surface area contributed by atoms with Crippen molar-refractivity contribution in [3.8, 4) is 11.3 Å². The van der Waals surface area contributed by atoms with Gasteiger partial charge in [-0.3, -0.25) is 0 Å². The molecule has 0 saturated heterocycles. The molecule has 0 atom stereocenters. The van der Waals surface area contributed by atoms with E-state index in [1.807, 2.05) is 13.0 Å². The topological polar surface area (TPSA) is 34.1 Å². The van der Waals surface area contributed by atoms with Gasteiger partial charge in [0.1, 0.15) is 5.82 Å². The summed E-state index contributed by atoms with van der Waals surface area (Å²) in [6, 6.07) is 6.50. The second-order valence-corrected chi connectivity index (χ2v) is 5.06. The SMILES string of the molecule is COCCNc1nc(-c2cccc(F)c2)c(C)s1. The van der Waals surface area contributed by atoms with E-state index in [9.17, 15) is 4.39 Å². The van der Waals surface area contributed by atoms with E-state index < -0.39 is 0 Å². The number of hydrogen-bond acceptors (Lipinski definition) is 4. The summed E-state index contributed by atoms with van der Waals surface area (Å²) >= 11 is 1.57. The normalized spacial score (nSPS) is 10.6. The fourth-order valence-corrected chi connectivity index (χ4v) is 2.50. The van der Waals surface area contributed by atoms with Gasteiger partial charge >= 0.3 is 0 Å². The number of ether oxygens (including phenoxy) is 1. The highest BCUT2D eigenvalue weighted by molar-refractivity contribution is 7.16. The van der Waals surface area contributed by atoms with Gasteiger partial charge in [0.15, 0.2) is 5.13 Å². The first-order chi connectivity index (χ1) is 8.70. The zero-order chi connectivity index (χ0) is 13.0. The molecule has 0 unspecified atom stereocenters. The first-order valence-electron chi connectivity index (χ1n) is 5.67. The highest BCUT2D eigenvalue weighted by Crippen LogP contribution is 2.30. The molecule has 0 aliphatic heterocycles. The van der Waals surface area contributed by atoms with E-state index >= 15 is 0 Å². The second kappa shape index (κ2) is 5.93. The second-order valence-electron chi connectivity index (χ2n) is 3.85.